The van der Waals surface area contributed by atoms with Crippen molar-refractivity contribution in [3.8, 4) is 17.2 Å². The Morgan fingerprint density at radius 3 is 2.34 bits per heavy atom. The lowest BCUT2D eigenvalue weighted by Gasteiger charge is -2.13. The second-order valence-corrected chi connectivity index (χ2v) is 6.63. The van der Waals surface area contributed by atoms with Crippen LogP contribution in [0.25, 0.3) is 0 Å². The zero-order valence-electron chi connectivity index (χ0n) is 15.9. The van der Waals surface area contributed by atoms with Crippen molar-refractivity contribution in [3.05, 3.63) is 83.4 Å². The number of hydrogen-bond acceptors (Lipinski definition) is 4. The van der Waals surface area contributed by atoms with Gasteiger partial charge in [0.15, 0.2) is 18.1 Å². The van der Waals surface area contributed by atoms with Crippen molar-refractivity contribution >= 4 is 29.0 Å². The Morgan fingerprint density at radius 1 is 0.931 bits per heavy atom. The lowest BCUT2D eigenvalue weighted by Crippen LogP contribution is -2.20. The van der Waals surface area contributed by atoms with E-state index >= 15 is 0 Å². The van der Waals surface area contributed by atoms with Gasteiger partial charge in [-0.15, -0.1) is 0 Å². The minimum atomic E-state index is -0.362. The third-order valence-electron chi connectivity index (χ3n) is 4.05. The Bertz CT molecular complexity index is 988. The highest BCUT2D eigenvalue weighted by atomic mass is 35.5. The Balaban J connectivity index is 1.63. The van der Waals surface area contributed by atoms with Gasteiger partial charge in [-0.2, -0.15) is 0 Å². The monoisotopic (exact) mass is 409 g/mol. The third-order valence-corrected chi connectivity index (χ3v) is 4.29. The van der Waals surface area contributed by atoms with Crippen LogP contribution in [0.2, 0.25) is 5.02 Å². The molecule has 3 aromatic carbocycles. The van der Waals surface area contributed by atoms with E-state index in [-0.39, 0.29) is 18.3 Å². The smallest absolute Gasteiger partial charge is 0.262 e. The summed E-state index contributed by atoms with van der Waals surface area (Å²) in [4.78, 5) is 24.0. The van der Waals surface area contributed by atoms with E-state index in [1.807, 2.05) is 37.3 Å². The minimum absolute atomic E-state index is 0.0567. The molecule has 0 radical (unpaired) electrons. The van der Waals surface area contributed by atoms with Gasteiger partial charge >= 0.3 is 0 Å². The van der Waals surface area contributed by atoms with Gasteiger partial charge in [0.2, 0.25) is 0 Å². The van der Waals surface area contributed by atoms with Crippen LogP contribution >= 0.6 is 11.6 Å². The molecule has 0 fully saturated rings. The molecule has 6 heteroatoms. The van der Waals surface area contributed by atoms with E-state index in [1.165, 1.54) is 0 Å². The zero-order chi connectivity index (χ0) is 20.6. The molecular weight excluding hydrogens is 390 g/mol. The SMILES string of the molecule is CCC(=O)c1ccc(OCC(=O)Nc2cc(Cl)ccc2Oc2ccccc2)cc1. The van der Waals surface area contributed by atoms with Crippen LogP contribution in [0.4, 0.5) is 5.69 Å². The second kappa shape index (κ2) is 9.75. The number of benzene rings is 3. The van der Waals surface area contributed by atoms with Crippen LogP contribution in [-0.4, -0.2) is 18.3 Å². The van der Waals surface area contributed by atoms with Crippen LogP contribution in [0.5, 0.6) is 17.2 Å². The minimum Gasteiger partial charge on any atom is -0.484 e. The van der Waals surface area contributed by atoms with Crippen LogP contribution in [0.1, 0.15) is 23.7 Å². The molecule has 148 valence electrons. The Hall–Kier alpha value is -3.31. The molecule has 0 aliphatic heterocycles. The van der Waals surface area contributed by atoms with E-state index in [4.69, 9.17) is 21.1 Å². The number of rotatable bonds is 8. The van der Waals surface area contributed by atoms with E-state index in [1.54, 1.807) is 42.5 Å². The fourth-order valence-corrected chi connectivity index (χ4v) is 2.75. The van der Waals surface area contributed by atoms with E-state index in [9.17, 15) is 9.59 Å². The van der Waals surface area contributed by atoms with Gasteiger partial charge in [-0.1, -0.05) is 36.7 Å². The summed E-state index contributed by atoms with van der Waals surface area (Å²) in [5, 5.41) is 3.22. The summed E-state index contributed by atoms with van der Waals surface area (Å²) in [6.45, 7) is 1.61. The Kier molecular flexibility index (Phi) is 6.87. The number of halogens is 1. The highest BCUT2D eigenvalue weighted by Gasteiger charge is 2.11. The van der Waals surface area contributed by atoms with Crippen LogP contribution < -0.4 is 14.8 Å². The summed E-state index contributed by atoms with van der Waals surface area (Å²) >= 11 is 6.06. The van der Waals surface area contributed by atoms with Crippen molar-refractivity contribution in [2.75, 3.05) is 11.9 Å². The predicted octanol–water partition coefficient (Wildman–Crippen LogP) is 5.74. The molecule has 1 N–H and O–H groups in total. The molecule has 0 aliphatic carbocycles. The van der Waals surface area contributed by atoms with Gasteiger partial charge in [0.05, 0.1) is 5.69 Å². The van der Waals surface area contributed by atoms with Crippen LogP contribution in [0.15, 0.2) is 72.8 Å². The van der Waals surface area contributed by atoms with Crippen molar-refractivity contribution in [2.45, 2.75) is 13.3 Å². The molecule has 0 aromatic heterocycles. The van der Waals surface area contributed by atoms with Gasteiger partial charge < -0.3 is 14.8 Å². The summed E-state index contributed by atoms with van der Waals surface area (Å²) in [6, 6.07) is 20.9. The summed E-state index contributed by atoms with van der Waals surface area (Å²) in [7, 11) is 0. The number of amides is 1. The van der Waals surface area contributed by atoms with Gasteiger partial charge in [-0.3, -0.25) is 9.59 Å². The first-order valence-corrected chi connectivity index (χ1v) is 9.51. The first-order chi connectivity index (χ1) is 14.0. The topological polar surface area (TPSA) is 64.6 Å². The average Bonchev–Trinajstić information content (AvgIpc) is 2.75. The average molecular weight is 410 g/mol. The number of Topliss-reactive ketones (excluding diaryl/α,β-unsaturated/α-hetero) is 1. The van der Waals surface area contributed by atoms with E-state index < -0.39 is 0 Å². The maximum atomic E-state index is 12.3. The van der Waals surface area contributed by atoms with Gasteiger partial charge in [0.1, 0.15) is 11.5 Å². The number of nitrogens with one attached hydrogen (secondary N) is 1. The highest BCUT2D eigenvalue weighted by Crippen LogP contribution is 2.32. The maximum absolute atomic E-state index is 12.3. The molecule has 0 saturated carbocycles. The van der Waals surface area contributed by atoms with Crippen molar-refractivity contribution < 1.29 is 19.1 Å². The van der Waals surface area contributed by atoms with Gasteiger partial charge in [-0.25, -0.2) is 0 Å². The number of para-hydroxylation sites is 1. The molecule has 3 aromatic rings. The number of carbonyl (C=O) groups is 2. The van der Waals surface area contributed by atoms with Crippen LogP contribution in [0, 0.1) is 0 Å². The number of ketones is 1. The van der Waals surface area contributed by atoms with E-state index in [0.29, 0.717) is 39.9 Å². The Labute approximate surface area is 174 Å². The maximum Gasteiger partial charge on any atom is 0.262 e. The molecule has 0 spiro atoms. The fourth-order valence-electron chi connectivity index (χ4n) is 2.58. The van der Waals surface area contributed by atoms with Crippen molar-refractivity contribution in [1.29, 1.82) is 0 Å². The second-order valence-electron chi connectivity index (χ2n) is 6.19. The molecule has 0 bridgehead atoms. The van der Waals surface area contributed by atoms with Gasteiger partial charge in [-0.05, 0) is 54.6 Å². The lowest BCUT2D eigenvalue weighted by atomic mass is 10.1. The van der Waals surface area contributed by atoms with E-state index in [0.717, 1.165) is 0 Å². The van der Waals surface area contributed by atoms with Crippen LogP contribution in [0.3, 0.4) is 0 Å². The standard InChI is InChI=1S/C23H20ClNO4/c1-2-21(26)16-8-11-18(12-9-16)28-15-23(27)25-20-14-17(24)10-13-22(20)29-19-6-4-3-5-7-19/h3-14H,2,15H2,1H3,(H,25,27). The summed E-state index contributed by atoms with van der Waals surface area (Å²) < 4.78 is 11.3. The third kappa shape index (κ3) is 5.83. The first-order valence-electron chi connectivity index (χ1n) is 9.13. The number of ether oxygens (including phenoxy) is 2. The van der Waals surface area contributed by atoms with Crippen LogP contribution in [-0.2, 0) is 4.79 Å². The molecule has 3 rings (SSSR count). The van der Waals surface area contributed by atoms with Crippen molar-refractivity contribution in [2.24, 2.45) is 0 Å². The highest BCUT2D eigenvalue weighted by molar-refractivity contribution is 6.31. The summed E-state index contributed by atoms with van der Waals surface area (Å²) in [5.74, 6) is 1.31. The van der Waals surface area contributed by atoms with E-state index in [2.05, 4.69) is 5.32 Å². The first kappa shape index (κ1) is 20.4. The van der Waals surface area contributed by atoms with Crippen molar-refractivity contribution in [3.63, 3.8) is 0 Å². The molecule has 0 aliphatic rings. The largest absolute Gasteiger partial charge is 0.484 e. The van der Waals surface area contributed by atoms with Crippen molar-refractivity contribution in [1.82, 2.24) is 0 Å². The summed E-state index contributed by atoms with van der Waals surface area (Å²) in [6.07, 6.45) is 0.440. The molecule has 29 heavy (non-hydrogen) atoms. The number of anilines is 1. The molecule has 0 unspecified atom stereocenters. The molecule has 5 nitrogen and oxygen atoms in total. The van der Waals surface area contributed by atoms with Gasteiger partial charge in [0, 0.05) is 17.0 Å². The number of hydrogen-bond donors (Lipinski definition) is 1. The Morgan fingerprint density at radius 2 is 1.66 bits per heavy atom. The molecule has 1 amide bonds. The predicted molar refractivity (Wildman–Crippen MR) is 113 cm³/mol. The van der Waals surface area contributed by atoms with Gasteiger partial charge in [0.25, 0.3) is 5.91 Å². The number of carbonyl (C=O) groups excluding carboxylic acids is 2. The molecule has 0 atom stereocenters. The fraction of sp³-hybridized carbons (Fsp3) is 0.130. The quantitative estimate of drug-likeness (QED) is 0.481. The summed E-state index contributed by atoms with van der Waals surface area (Å²) in [5.41, 5.74) is 1.06. The normalized spacial score (nSPS) is 10.3. The molecular formula is C23H20ClNO4. The molecule has 0 saturated heterocycles. The molecule has 0 heterocycles. The zero-order valence-corrected chi connectivity index (χ0v) is 16.6. The lowest BCUT2D eigenvalue weighted by molar-refractivity contribution is -0.118.